The van der Waals surface area contributed by atoms with Gasteiger partial charge in [0, 0.05) is 26.2 Å². The molecule has 0 bridgehead atoms. The number of hydrogen-bond acceptors (Lipinski definition) is 2. The normalized spacial score (nSPS) is 16.7. The third-order valence-corrected chi connectivity index (χ3v) is 3.32. The number of rotatable bonds is 3. The van der Waals surface area contributed by atoms with Gasteiger partial charge < -0.3 is 5.32 Å². The van der Waals surface area contributed by atoms with E-state index in [-0.39, 0.29) is 51.0 Å². The van der Waals surface area contributed by atoms with Gasteiger partial charge in [-0.25, -0.2) is 30.7 Å². The van der Waals surface area contributed by atoms with Gasteiger partial charge in [0.2, 0.25) is 5.82 Å². The Kier molecular flexibility index (Phi) is 8.61. The van der Waals surface area contributed by atoms with E-state index in [0.717, 1.165) is 4.90 Å². The number of nitrogens with zero attached hydrogens (tertiary/aromatic N) is 1. The smallest absolute Gasteiger partial charge is 0.258 e. The highest BCUT2D eigenvalue weighted by atomic mass is 35.5. The van der Waals surface area contributed by atoms with E-state index < -0.39 is 47.1 Å². The number of hydrogen-bond donors (Lipinski definition) is 1. The summed E-state index contributed by atoms with van der Waals surface area (Å²) in [5.74, 6) is -11.2. The molecule has 2 nitrogen and oxygen atoms in total. The molecule has 11 heteroatoms. The molecule has 1 aromatic carbocycles. The highest BCUT2D eigenvalue weighted by Gasteiger charge is 2.38. The predicted molar refractivity (Wildman–Crippen MR) is 73.9 cm³/mol. The van der Waals surface area contributed by atoms with Crippen LogP contribution < -0.4 is 5.32 Å². The monoisotopic (exact) mass is 388 g/mol. The van der Waals surface area contributed by atoms with Crippen molar-refractivity contribution in [3.05, 3.63) is 34.6 Å². The molecule has 2 rings (SSSR count). The molecule has 1 saturated heterocycles. The van der Waals surface area contributed by atoms with E-state index >= 15 is 0 Å². The van der Waals surface area contributed by atoms with Crippen molar-refractivity contribution in [2.45, 2.75) is 12.5 Å². The van der Waals surface area contributed by atoms with Gasteiger partial charge in [-0.15, -0.1) is 24.8 Å². The second-order valence-electron chi connectivity index (χ2n) is 4.55. The second kappa shape index (κ2) is 8.91. The zero-order chi connectivity index (χ0) is 15.7. The van der Waals surface area contributed by atoms with E-state index in [1.165, 1.54) is 0 Å². The summed E-state index contributed by atoms with van der Waals surface area (Å²) in [4.78, 5) is 0.999. The van der Waals surface area contributed by atoms with Crippen LogP contribution >= 0.6 is 24.8 Å². The molecule has 0 radical (unpaired) electrons. The van der Waals surface area contributed by atoms with E-state index in [1.807, 2.05) is 0 Å². The van der Waals surface area contributed by atoms with Crippen LogP contribution in [0.25, 0.3) is 0 Å². The minimum Gasteiger partial charge on any atom is -0.314 e. The van der Waals surface area contributed by atoms with E-state index in [4.69, 9.17) is 0 Å². The van der Waals surface area contributed by atoms with Gasteiger partial charge in [0.15, 0.2) is 23.3 Å². The fourth-order valence-electron chi connectivity index (χ4n) is 2.31. The van der Waals surface area contributed by atoms with Crippen LogP contribution in [-0.4, -0.2) is 37.5 Å². The molecule has 134 valence electrons. The van der Waals surface area contributed by atoms with Crippen molar-refractivity contribution < 1.29 is 30.7 Å². The van der Waals surface area contributed by atoms with Crippen LogP contribution in [-0.2, 0) is 0 Å². The molecule has 1 fully saturated rings. The van der Waals surface area contributed by atoms with Gasteiger partial charge in [0.25, 0.3) is 6.43 Å². The number of alkyl halides is 2. The summed E-state index contributed by atoms with van der Waals surface area (Å²) in [5, 5.41) is 2.84. The first kappa shape index (κ1) is 22.2. The molecule has 1 aromatic rings. The lowest BCUT2D eigenvalue weighted by Gasteiger charge is -2.34. The van der Waals surface area contributed by atoms with Gasteiger partial charge >= 0.3 is 0 Å². The number of piperazine rings is 1. The summed E-state index contributed by atoms with van der Waals surface area (Å²) < 4.78 is 92.9. The Morgan fingerprint density at radius 2 is 1.13 bits per heavy atom. The van der Waals surface area contributed by atoms with Gasteiger partial charge in [-0.2, -0.15) is 0 Å². The molecule has 23 heavy (non-hydrogen) atoms. The van der Waals surface area contributed by atoms with Crippen LogP contribution in [0, 0.1) is 29.1 Å². The predicted octanol–water partition coefficient (Wildman–Crippen LogP) is 3.44. The quantitative estimate of drug-likeness (QED) is 0.484. The fourth-order valence-corrected chi connectivity index (χ4v) is 2.31. The van der Waals surface area contributed by atoms with Crippen molar-refractivity contribution in [3.8, 4) is 0 Å². The Morgan fingerprint density at radius 3 is 1.52 bits per heavy atom. The van der Waals surface area contributed by atoms with Crippen molar-refractivity contribution in [2.24, 2.45) is 0 Å². The first-order valence-corrected chi connectivity index (χ1v) is 6.10. The highest BCUT2D eigenvalue weighted by molar-refractivity contribution is 5.85. The molecule has 1 aliphatic rings. The Morgan fingerprint density at radius 1 is 0.739 bits per heavy atom. The summed E-state index contributed by atoms with van der Waals surface area (Å²) in [7, 11) is 0. The Hall–Kier alpha value is -0.770. The number of benzene rings is 1. The van der Waals surface area contributed by atoms with Crippen LogP contribution in [0.4, 0.5) is 30.7 Å². The van der Waals surface area contributed by atoms with Crippen LogP contribution in [0.1, 0.15) is 11.6 Å². The Labute approximate surface area is 139 Å². The lowest BCUT2D eigenvalue weighted by molar-refractivity contribution is 0.0136. The molecule has 1 atom stereocenters. The Bertz CT molecular complexity index is 510. The molecule has 0 amide bonds. The second-order valence-corrected chi connectivity index (χ2v) is 4.55. The summed E-state index contributed by atoms with van der Waals surface area (Å²) in [5.41, 5.74) is -1.48. The van der Waals surface area contributed by atoms with E-state index in [9.17, 15) is 30.7 Å². The summed E-state index contributed by atoms with van der Waals surface area (Å²) in [6, 6.07) is -2.18. The molecule has 0 unspecified atom stereocenters. The standard InChI is InChI=1S/C12H11F7N2.2ClH/c13-6-5(7(14)9(16)10(17)8(6)15)11(12(18)19)21-3-1-20-2-4-21;;/h11-12,20H,1-4H2;2*1H/t11-;;/m0../s1. The summed E-state index contributed by atoms with van der Waals surface area (Å²) >= 11 is 0. The highest BCUT2D eigenvalue weighted by Crippen LogP contribution is 2.34. The number of nitrogens with one attached hydrogen (secondary N) is 1. The summed E-state index contributed by atoms with van der Waals surface area (Å²) in [6.07, 6.45) is -3.30. The van der Waals surface area contributed by atoms with Gasteiger partial charge in [-0.3, -0.25) is 4.90 Å². The maximum absolute atomic E-state index is 13.7. The van der Waals surface area contributed by atoms with Crippen LogP contribution in [0.15, 0.2) is 0 Å². The zero-order valence-corrected chi connectivity index (χ0v) is 13.0. The van der Waals surface area contributed by atoms with Crippen LogP contribution in [0.2, 0.25) is 0 Å². The van der Waals surface area contributed by atoms with E-state index in [2.05, 4.69) is 5.32 Å². The Balaban J connectivity index is 0.00000242. The van der Waals surface area contributed by atoms with Crippen molar-refractivity contribution in [3.63, 3.8) is 0 Å². The van der Waals surface area contributed by atoms with Crippen molar-refractivity contribution in [1.29, 1.82) is 0 Å². The van der Waals surface area contributed by atoms with Gasteiger partial charge in [0.05, 0.1) is 5.56 Å². The molecule has 0 aromatic heterocycles. The largest absolute Gasteiger partial charge is 0.314 e. The topological polar surface area (TPSA) is 15.3 Å². The van der Waals surface area contributed by atoms with Crippen molar-refractivity contribution in [2.75, 3.05) is 26.2 Å². The lowest BCUT2D eigenvalue weighted by Crippen LogP contribution is -2.47. The molecule has 0 aliphatic carbocycles. The summed E-state index contributed by atoms with van der Waals surface area (Å²) in [6.45, 7) is 0.570. The third-order valence-electron chi connectivity index (χ3n) is 3.32. The maximum Gasteiger partial charge on any atom is 0.258 e. The van der Waals surface area contributed by atoms with Gasteiger partial charge in [-0.1, -0.05) is 0 Å². The first-order valence-electron chi connectivity index (χ1n) is 6.10. The van der Waals surface area contributed by atoms with Crippen LogP contribution in [0.3, 0.4) is 0 Å². The molecule has 1 heterocycles. The lowest BCUT2D eigenvalue weighted by atomic mass is 10.0. The minimum absolute atomic E-state index is 0. The van der Waals surface area contributed by atoms with Crippen LogP contribution in [0.5, 0.6) is 0 Å². The average Bonchev–Trinajstić information content (AvgIpc) is 2.48. The van der Waals surface area contributed by atoms with Gasteiger partial charge in [-0.05, 0) is 0 Å². The van der Waals surface area contributed by atoms with Crippen molar-refractivity contribution in [1.82, 2.24) is 10.2 Å². The SMILES string of the molecule is Cl.Cl.Fc1c(F)c(F)c([C@@H](C(F)F)N2CCNCC2)c(F)c1F. The maximum atomic E-state index is 13.7. The average molecular weight is 389 g/mol. The molecule has 1 aliphatic heterocycles. The molecule has 0 spiro atoms. The molecular weight excluding hydrogens is 376 g/mol. The van der Waals surface area contributed by atoms with Gasteiger partial charge in [0.1, 0.15) is 6.04 Å². The molecule has 1 N–H and O–H groups in total. The first-order chi connectivity index (χ1) is 9.86. The van der Waals surface area contributed by atoms with E-state index in [0.29, 0.717) is 0 Å². The van der Waals surface area contributed by atoms with E-state index in [1.54, 1.807) is 0 Å². The molecular formula is C12H13Cl2F7N2. The third kappa shape index (κ3) is 4.20. The van der Waals surface area contributed by atoms with Crippen molar-refractivity contribution >= 4 is 24.8 Å². The molecule has 0 saturated carbocycles. The number of halogens is 9. The zero-order valence-electron chi connectivity index (χ0n) is 11.4. The minimum atomic E-state index is -3.30. The fraction of sp³-hybridized carbons (Fsp3) is 0.500.